The first-order valence-electron chi connectivity index (χ1n) is 3.74. The van der Waals surface area contributed by atoms with Crippen LogP contribution >= 0.6 is 0 Å². The largest absolute Gasteiger partial charge is 0.446 e. The van der Waals surface area contributed by atoms with Crippen LogP contribution in [0.5, 0.6) is 0 Å². The standard InChI is InChI=1S/C6H9NO.C2H6/c1-3-6-7-4-5(2)8-6;1-2/h4H,3H2,1-2H3;1-2H3. The maximum absolute atomic E-state index is 5.12. The molecule has 0 aromatic carbocycles. The van der Waals surface area contributed by atoms with Gasteiger partial charge in [0, 0.05) is 6.42 Å². The van der Waals surface area contributed by atoms with E-state index in [1.165, 1.54) is 0 Å². The fraction of sp³-hybridized carbons (Fsp3) is 0.625. The van der Waals surface area contributed by atoms with Crippen molar-refractivity contribution >= 4 is 0 Å². The second-order valence-corrected chi connectivity index (χ2v) is 1.72. The number of nitrogens with zero attached hydrogens (tertiary/aromatic N) is 1. The van der Waals surface area contributed by atoms with Gasteiger partial charge in [-0.25, -0.2) is 4.98 Å². The lowest BCUT2D eigenvalue weighted by molar-refractivity contribution is 0.477. The zero-order valence-electron chi connectivity index (χ0n) is 7.14. The number of hydrogen-bond acceptors (Lipinski definition) is 2. The molecule has 0 aliphatic heterocycles. The summed E-state index contributed by atoms with van der Waals surface area (Å²) >= 11 is 0. The summed E-state index contributed by atoms with van der Waals surface area (Å²) in [4.78, 5) is 3.97. The Morgan fingerprint density at radius 2 is 2.10 bits per heavy atom. The van der Waals surface area contributed by atoms with Crippen molar-refractivity contribution in [2.45, 2.75) is 34.1 Å². The summed E-state index contributed by atoms with van der Waals surface area (Å²) in [6.45, 7) is 7.91. The minimum absolute atomic E-state index is 0.822. The van der Waals surface area contributed by atoms with Crippen LogP contribution < -0.4 is 0 Å². The first-order chi connectivity index (χ1) is 4.83. The molecule has 2 heteroatoms. The molecule has 0 N–H and O–H groups in total. The third-order valence-corrected chi connectivity index (χ3v) is 0.972. The van der Waals surface area contributed by atoms with Crippen molar-refractivity contribution in [2.75, 3.05) is 0 Å². The molecule has 1 aromatic rings. The predicted molar refractivity (Wildman–Crippen MR) is 42.0 cm³/mol. The summed E-state index contributed by atoms with van der Waals surface area (Å²) in [7, 11) is 0. The first-order valence-corrected chi connectivity index (χ1v) is 3.74. The highest BCUT2D eigenvalue weighted by Gasteiger charge is 1.92. The van der Waals surface area contributed by atoms with Crippen molar-refractivity contribution in [1.82, 2.24) is 4.98 Å². The second kappa shape index (κ2) is 5.03. The maximum Gasteiger partial charge on any atom is 0.194 e. The van der Waals surface area contributed by atoms with Gasteiger partial charge in [0.25, 0.3) is 0 Å². The number of rotatable bonds is 1. The van der Waals surface area contributed by atoms with Gasteiger partial charge >= 0.3 is 0 Å². The van der Waals surface area contributed by atoms with Gasteiger partial charge in [0.2, 0.25) is 0 Å². The Kier molecular flexibility index (Phi) is 4.63. The zero-order chi connectivity index (χ0) is 7.98. The maximum atomic E-state index is 5.12. The second-order valence-electron chi connectivity index (χ2n) is 1.72. The van der Waals surface area contributed by atoms with Crippen LogP contribution in [0.15, 0.2) is 10.6 Å². The van der Waals surface area contributed by atoms with Gasteiger partial charge in [-0.1, -0.05) is 20.8 Å². The van der Waals surface area contributed by atoms with Gasteiger partial charge in [-0.3, -0.25) is 0 Å². The van der Waals surface area contributed by atoms with Crippen LogP contribution in [0.1, 0.15) is 32.4 Å². The van der Waals surface area contributed by atoms with E-state index in [1.54, 1.807) is 6.20 Å². The van der Waals surface area contributed by atoms with Crippen LogP contribution in [-0.2, 0) is 6.42 Å². The van der Waals surface area contributed by atoms with Crippen LogP contribution in [0, 0.1) is 6.92 Å². The van der Waals surface area contributed by atoms with Crippen molar-refractivity contribution in [1.29, 1.82) is 0 Å². The first kappa shape index (κ1) is 9.21. The molecule has 0 bridgehead atoms. The quantitative estimate of drug-likeness (QED) is 0.600. The SMILES string of the molecule is CC.CCc1ncc(C)o1. The number of aryl methyl sites for hydroxylation is 2. The molecule has 0 aliphatic carbocycles. The Balaban J connectivity index is 0.000000371. The molecule has 0 fully saturated rings. The molecule has 0 saturated heterocycles. The number of aromatic nitrogens is 1. The molecule has 0 unspecified atom stereocenters. The predicted octanol–water partition coefficient (Wildman–Crippen LogP) is 2.57. The lowest BCUT2D eigenvalue weighted by Gasteiger charge is -1.80. The fourth-order valence-corrected chi connectivity index (χ4v) is 0.565. The third kappa shape index (κ3) is 2.67. The van der Waals surface area contributed by atoms with Gasteiger partial charge in [-0.2, -0.15) is 0 Å². The number of oxazole rings is 1. The third-order valence-electron chi connectivity index (χ3n) is 0.972. The normalized spacial score (nSPS) is 8.40. The van der Waals surface area contributed by atoms with E-state index in [4.69, 9.17) is 4.42 Å². The number of hydrogen-bond donors (Lipinski definition) is 0. The van der Waals surface area contributed by atoms with Crippen molar-refractivity contribution in [3.8, 4) is 0 Å². The Bertz CT molecular complexity index is 170. The molecule has 1 aromatic heterocycles. The molecule has 1 rings (SSSR count). The molecule has 10 heavy (non-hydrogen) atoms. The van der Waals surface area contributed by atoms with Gasteiger partial charge in [0.05, 0.1) is 6.20 Å². The van der Waals surface area contributed by atoms with Crippen molar-refractivity contribution < 1.29 is 4.42 Å². The summed E-state index contributed by atoms with van der Waals surface area (Å²) in [5.41, 5.74) is 0. The summed E-state index contributed by atoms with van der Waals surface area (Å²) in [6, 6.07) is 0. The lowest BCUT2D eigenvalue weighted by Crippen LogP contribution is -1.73. The Morgan fingerprint density at radius 3 is 2.30 bits per heavy atom. The van der Waals surface area contributed by atoms with Crippen LogP contribution in [-0.4, -0.2) is 4.98 Å². The topological polar surface area (TPSA) is 26.0 Å². The summed E-state index contributed by atoms with van der Waals surface area (Å²) in [5.74, 6) is 1.71. The summed E-state index contributed by atoms with van der Waals surface area (Å²) in [5, 5.41) is 0. The van der Waals surface area contributed by atoms with Gasteiger partial charge in [-0.05, 0) is 6.92 Å². The molecule has 0 amide bonds. The van der Waals surface area contributed by atoms with E-state index in [0.29, 0.717) is 0 Å². The van der Waals surface area contributed by atoms with E-state index < -0.39 is 0 Å². The molecule has 0 atom stereocenters. The Morgan fingerprint density at radius 1 is 1.50 bits per heavy atom. The van der Waals surface area contributed by atoms with E-state index in [2.05, 4.69) is 4.98 Å². The van der Waals surface area contributed by atoms with Gasteiger partial charge in [0.15, 0.2) is 5.89 Å². The Hall–Kier alpha value is -0.790. The summed E-state index contributed by atoms with van der Waals surface area (Å²) in [6.07, 6.45) is 2.62. The van der Waals surface area contributed by atoms with Crippen molar-refractivity contribution in [3.63, 3.8) is 0 Å². The molecule has 0 spiro atoms. The van der Waals surface area contributed by atoms with E-state index in [-0.39, 0.29) is 0 Å². The van der Waals surface area contributed by atoms with Gasteiger partial charge < -0.3 is 4.42 Å². The highest BCUT2D eigenvalue weighted by Crippen LogP contribution is 2.00. The van der Waals surface area contributed by atoms with E-state index >= 15 is 0 Å². The fourth-order valence-electron chi connectivity index (χ4n) is 0.565. The molecule has 0 aliphatic rings. The Labute approximate surface area is 62.3 Å². The average Bonchev–Trinajstić information content (AvgIpc) is 2.40. The average molecular weight is 141 g/mol. The molecule has 1 heterocycles. The van der Waals surface area contributed by atoms with Gasteiger partial charge in [0.1, 0.15) is 5.76 Å². The molecular weight excluding hydrogens is 126 g/mol. The van der Waals surface area contributed by atoms with Crippen molar-refractivity contribution in [2.24, 2.45) is 0 Å². The van der Waals surface area contributed by atoms with Crippen LogP contribution in [0.3, 0.4) is 0 Å². The summed E-state index contributed by atoms with van der Waals surface area (Å²) < 4.78 is 5.12. The monoisotopic (exact) mass is 141 g/mol. The smallest absolute Gasteiger partial charge is 0.194 e. The lowest BCUT2D eigenvalue weighted by atomic mass is 10.5. The molecule has 0 radical (unpaired) electrons. The van der Waals surface area contributed by atoms with E-state index in [9.17, 15) is 0 Å². The molecule has 2 nitrogen and oxygen atoms in total. The minimum atomic E-state index is 0.822. The van der Waals surface area contributed by atoms with E-state index in [1.807, 2.05) is 27.7 Å². The molecule has 0 saturated carbocycles. The van der Waals surface area contributed by atoms with Crippen LogP contribution in [0.2, 0.25) is 0 Å². The molecule has 58 valence electrons. The van der Waals surface area contributed by atoms with Crippen LogP contribution in [0.25, 0.3) is 0 Å². The zero-order valence-corrected chi connectivity index (χ0v) is 7.14. The minimum Gasteiger partial charge on any atom is -0.446 e. The van der Waals surface area contributed by atoms with Crippen LogP contribution in [0.4, 0.5) is 0 Å². The highest BCUT2D eigenvalue weighted by atomic mass is 16.3. The molecular formula is C8H15NO. The highest BCUT2D eigenvalue weighted by molar-refractivity contribution is 4.89. The van der Waals surface area contributed by atoms with E-state index in [0.717, 1.165) is 18.1 Å². The van der Waals surface area contributed by atoms with Crippen molar-refractivity contribution in [3.05, 3.63) is 17.8 Å². The van der Waals surface area contributed by atoms with Gasteiger partial charge in [-0.15, -0.1) is 0 Å².